The van der Waals surface area contributed by atoms with Crippen LogP contribution in [0.3, 0.4) is 0 Å². The zero-order valence-electron chi connectivity index (χ0n) is 8.83. The SMILES string of the molecule is CCCCCCCC[C@H](C#N)C(=O)O. The fourth-order valence-electron chi connectivity index (χ4n) is 1.37. The zero-order valence-corrected chi connectivity index (χ0v) is 8.83. The van der Waals surface area contributed by atoms with Crippen LogP contribution in [0.4, 0.5) is 0 Å². The van der Waals surface area contributed by atoms with Crippen LogP contribution in [0.2, 0.25) is 0 Å². The Balaban J connectivity index is 3.35. The lowest BCUT2D eigenvalue weighted by molar-refractivity contribution is -0.140. The molecule has 0 unspecified atom stereocenters. The number of nitriles is 1. The average Bonchev–Trinajstić information content (AvgIpc) is 2.16. The Bertz CT molecular complexity index is 196. The van der Waals surface area contributed by atoms with Crippen molar-refractivity contribution in [3.63, 3.8) is 0 Å². The summed E-state index contributed by atoms with van der Waals surface area (Å²) in [5, 5.41) is 17.1. The first-order chi connectivity index (χ1) is 6.72. The third-order valence-corrected chi connectivity index (χ3v) is 2.30. The molecule has 0 spiro atoms. The number of nitrogens with zero attached hydrogens (tertiary/aromatic N) is 1. The lowest BCUT2D eigenvalue weighted by atomic mass is 10.0. The van der Waals surface area contributed by atoms with Crippen LogP contribution < -0.4 is 0 Å². The normalized spacial score (nSPS) is 12.0. The van der Waals surface area contributed by atoms with Crippen molar-refractivity contribution < 1.29 is 9.90 Å². The van der Waals surface area contributed by atoms with Gasteiger partial charge in [-0.2, -0.15) is 5.26 Å². The molecule has 0 aromatic rings. The molecule has 0 saturated carbocycles. The lowest BCUT2D eigenvalue weighted by Gasteiger charge is -2.03. The Labute approximate surface area is 85.7 Å². The van der Waals surface area contributed by atoms with Gasteiger partial charge in [0.05, 0.1) is 6.07 Å². The molecule has 0 aromatic heterocycles. The molecule has 80 valence electrons. The molecule has 0 heterocycles. The van der Waals surface area contributed by atoms with E-state index in [1.165, 1.54) is 19.3 Å². The topological polar surface area (TPSA) is 61.1 Å². The molecule has 0 rings (SSSR count). The summed E-state index contributed by atoms with van der Waals surface area (Å²) in [6.07, 6.45) is 7.25. The van der Waals surface area contributed by atoms with E-state index in [1.54, 1.807) is 6.07 Å². The molecule has 14 heavy (non-hydrogen) atoms. The second kappa shape index (κ2) is 8.55. The molecule has 0 bridgehead atoms. The number of carboxylic acid groups (broad SMARTS) is 1. The van der Waals surface area contributed by atoms with Crippen LogP contribution in [-0.4, -0.2) is 11.1 Å². The first-order valence-electron chi connectivity index (χ1n) is 5.34. The second-order valence-electron chi connectivity index (χ2n) is 3.58. The molecule has 0 aliphatic rings. The predicted molar refractivity (Wildman–Crippen MR) is 54.7 cm³/mol. The standard InChI is InChI=1S/C11H19NO2/c1-2-3-4-5-6-7-8-10(9-12)11(13)14/h10H,2-8H2,1H3,(H,13,14)/t10-/m1/s1. The Hall–Kier alpha value is -1.04. The first kappa shape index (κ1) is 13.0. The zero-order chi connectivity index (χ0) is 10.8. The van der Waals surface area contributed by atoms with Crippen molar-refractivity contribution in [2.45, 2.75) is 51.9 Å². The van der Waals surface area contributed by atoms with Gasteiger partial charge < -0.3 is 5.11 Å². The van der Waals surface area contributed by atoms with Crippen molar-refractivity contribution in [3.8, 4) is 6.07 Å². The smallest absolute Gasteiger partial charge is 0.320 e. The molecule has 0 fully saturated rings. The molecule has 0 aromatic carbocycles. The first-order valence-corrected chi connectivity index (χ1v) is 5.34. The third-order valence-electron chi connectivity index (χ3n) is 2.30. The van der Waals surface area contributed by atoms with Crippen molar-refractivity contribution in [1.29, 1.82) is 5.26 Å². The highest BCUT2D eigenvalue weighted by Crippen LogP contribution is 2.11. The van der Waals surface area contributed by atoms with Crippen molar-refractivity contribution >= 4 is 5.97 Å². The summed E-state index contributed by atoms with van der Waals surface area (Å²) in [5.41, 5.74) is 0. The highest BCUT2D eigenvalue weighted by atomic mass is 16.4. The van der Waals surface area contributed by atoms with E-state index in [0.717, 1.165) is 19.3 Å². The fourth-order valence-corrected chi connectivity index (χ4v) is 1.37. The van der Waals surface area contributed by atoms with Crippen LogP contribution in [0.25, 0.3) is 0 Å². The summed E-state index contributed by atoms with van der Waals surface area (Å²) in [4.78, 5) is 10.5. The van der Waals surface area contributed by atoms with Gasteiger partial charge in [0.25, 0.3) is 0 Å². The molecule has 1 atom stereocenters. The molecule has 0 aliphatic heterocycles. The van der Waals surface area contributed by atoms with Crippen LogP contribution in [0, 0.1) is 17.2 Å². The van der Waals surface area contributed by atoms with E-state index in [9.17, 15) is 4.79 Å². The second-order valence-corrected chi connectivity index (χ2v) is 3.58. The van der Waals surface area contributed by atoms with E-state index >= 15 is 0 Å². The summed E-state index contributed by atoms with van der Waals surface area (Å²) in [6.45, 7) is 2.16. The van der Waals surface area contributed by atoms with E-state index in [4.69, 9.17) is 10.4 Å². The Morgan fingerprint density at radius 2 is 1.86 bits per heavy atom. The van der Waals surface area contributed by atoms with E-state index in [0.29, 0.717) is 6.42 Å². The Kier molecular flexibility index (Phi) is 7.92. The van der Waals surface area contributed by atoms with Crippen LogP contribution in [-0.2, 0) is 4.79 Å². The molecular formula is C11H19NO2. The van der Waals surface area contributed by atoms with Crippen molar-refractivity contribution in [2.75, 3.05) is 0 Å². The summed E-state index contributed by atoms with van der Waals surface area (Å²) in [7, 11) is 0. The minimum absolute atomic E-state index is 0.498. The minimum atomic E-state index is -0.985. The lowest BCUT2D eigenvalue weighted by Crippen LogP contribution is -2.10. The van der Waals surface area contributed by atoms with E-state index in [-0.39, 0.29) is 0 Å². The molecule has 0 saturated heterocycles. The quantitative estimate of drug-likeness (QED) is 0.608. The highest BCUT2D eigenvalue weighted by Gasteiger charge is 2.14. The number of carbonyl (C=O) groups is 1. The van der Waals surface area contributed by atoms with Gasteiger partial charge in [-0.1, -0.05) is 45.4 Å². The average molecular weight is 197 g/mol. The molecule has 0 aliphatic carbocycles. The van der Waals surface area contributed by atoms with Gasteiger partial charge in [-0.05, 0) is 6.42 Å². The van der Waals surface area contributed by atoms with E-state index in [1.807, 2.05) is 0 Å². The fraction of sp³-hybridized carbons (Fsp3) is 0.818. The predicted octanol–water partition coefficient (Wildman–Crippen LogP) is 2.96. The number of unbranched alkanes of at least 4 members (excludes halogenated alkanes) is 5. The van der Waals surface area contributed by atoms with Crippen LogP contribution in [0.15, 0.2) is 0 Å². The van der Waals surface area contributed by atoms with Crippen molar-refractivity contribution in [1.82, 2.24) is 0 Å². The number of carboxylic acids is 1. The molecule has 1 N–H and O–H groups in total. The van der Waals surface area contributed by atoms with Gasteiger partial charge in [0, 0.05) is 0 Å². The maximum atomic E-state index is 10.5. The van der Waals surface area contributed by atoms with Crippen molar-refractivity contribution in [2.24, 2.45) is 5.92 Å². The Morgan fingerprint density at radius 1 is 1.29 bits per heavy atom. The van der Waals surface area contributed by atoms with Gasteiger partial charge in [-0.3, -0.25) is 4.79 Å². The van der Waals surface area contributed by atoms with Gasteiger partial charge >= 0.3 is 5.97 Å². The van der Waals surface area contributed by atoms with E-state index < -0.39 is 11.9 Å². The number of hydrogen-bond acceptors (Lipinski definition) is 2. The van der Waals surface area contributed by atoms with Crippen LogP contribution in [0.5, 0.6) is 0 Å². The van der Waals surface area contributed by atoms with Crippen molar-refractivity contribution in [3.05, 3.63) is 0 Å². The summed E-state index contributed by atoms with van der Waals surface area (Å²) in [5.74, 6) is -1.79. The Morgan fingerprint density at radius 3 is 2.36 bits per heavy atom. The molecule has 0 amide bonds. The summed E-state index contributed by atoms with van der Waals surface area (Å²) >= 11 is 0. The monoisotopic (exact) mass is 197 g/mol. The van der Waals surface area contributed by atoms with Crippen LogP contribution >= 0.6 is 0 Å². The van der Waals surface area contributed by atoms with Gasteiger partial charge in [-0.25, -0.2) is 0 Å². The molecule has 3 nitrogen and oxygen atoms in total. The van der Waals surface area contributed by atoms with Gasteiger partial charge in [-0.15, -0.1) is 0 Å². The third kappa shape index (κ3) is 6.47. The maximum absolute atomic E-state index is 10.5. The summed E-state index contributed by atoms with van der Waals surface area (Å²) < 4.78 is 0. The number of hydrogen-bond donors (Lipinski definition) is 1. The largest absolute Gasteiger partial charge is 0.480 e. The molecule has 3 heteroatoms. The van der Waals surface area contributed by atoms with Gasteiger partial charge in [0.2, 0.25) is 0 Å². The van der Waals surface area contributed by atoms with E-state index in [2.05, 4.69) is 6.92 Å². The number of rotatable bonds is 8. The maximum Gasteiger partial charge on any atom is 0.320 e. The van der Waals surface area contributed by atoms with Gasteiger partial charge in [0.15, 0.2) is 0 Å². The number of aliphatic carboxylic acids is 1. The van der Waals surface area contributed by atoms with Crippen LogP contribution in [0.1, 0.15) is 51.9 Å². The molecular weight excluding hydrogens is 178 g/mol. The summed E-state index contributed by atoms with van der Waals surface area (Å²) in [6, 6.07) is 1.80. The molecule has 0 radical (unpaired) electrons. The minimum Gasteiger partial charge on any atom is -0.480 e. The van der Waals surface area contributed by atoms with Gasteiger partial charge in [0.1, 0.15) is 5.92 Å². The highest BCUT2D eigenvalue weighted by molar-refractivity contribution is 5.72.